The van der Waals surface area contributed by atoms with Crippen LogP contribution in [0.25, 0.3) is 0 Å². The Kier molecular flexibility index (Phi) is 4.17. The van der Waals surface area contributed by atoms with E-state index < -0.39 is 9.63 Å². The molecular weight excluding hydrogens is 195 g/mol. The molecule has 0 aromatic heterocycles. The first-order chi connectivity index (χ1) is 4.48. The van der Waals surface area contributed by atoms with E-state index in [2.05, 4.69) is 23.9 Å². The molecule has 2 nitrogen and oxygen atoms in total. The van der Waals surface area contributed by atoms with E-state index in [4.69, 9.17) is 23.2 Å². The van der Waals surface area contributed by atoms with Gasteiger partial charge in [0.15, 0.2) is 0 Å². The molecule has 10 heavy (non-hydrogen) atoms. The molecular formula is C5H6Cl2O2S. The highest BCUT2D eigenvalue weighted by molar-refractivity contribution is 7.86. The molecule has 0 fully saturated rings. The molecule has 0 aromatic rings. The van der Waals surface area contributed by atoms with Crippen LogP contribution in [0, 0.1) is 0 Å². The number of carbonyl (C=O) groups excluding carboxylic acids is 1. The van der Waals surface area contributed by atoms with E-state index >= 15 is 0 Å². The van der Waals surface area contributed by atoms with Crippen molar-refractivity contribution in [2.75, 3.05) is 6.61 Å². The van der Waals surface area contributed by atoms with Crippen LogP contribution in [0.15, 0.2) is 12.7 Å². The lowest BCUT2D eigenvalue weighted by molar-refractivity contribution is -0.141. The van der Waals surface area contributed by atoms with Gasteiger partial charge in [0.25, 0.3) is 3.67 Å². The maximum atomic E-state index is 10.6. The predicted octanol–water partition coefficient (Wildman–Crippen LogP) is 1.78. The van der Waals surface area contributed by atoms with Crippen molar-refractivity contribution < 1.29 is 9.53 Å². The number of thiol groups is 1. The molecule has 0 atom stereocenters. The Balaban J connectivity index is 3.74. The highest BCUT2D eigenvalue weighted by Crippen LogP contribution is 2.26. The standard InChI is InChI=1S/C5H6Cl2O2S/c1-2-3-9-4(8)5(6,7)10/h2,10H,1,3H2. The van der Waals surface area contributed by atoms with Gasteiger partial charge in [0.2, 0.25) is 0 Å². The molecule has 0 amide bonds. The molecule has 0 heterocycles. The second kappa shape index (κ2) is 4.11. The molecule has 0 rings (SSSR count). The van der Waals surface area contributed by atoms with E-state index in [0.717, 1.165) is 0 Å². The Labute approximate surface area is 74.5 Å². The number of alkyl halides is 2. The largest absolute Gasteiger partial charge is 0.459 e. The van der Waals surface area contributed by atoms with Gasteiger partial charge in [0, 0.05) is 0 Å². The van der Waals surface area contributed by atoms with Crippen LogP contribution in [0.2, 0.25) is 0 Å². The molecule has 0 bridgehead atoms. The topological polar surface area (TPSA) is 26.3 Å². The molecule has 0 aromatic carbocycles. The summed E-state index contributed by atoms with van der Waals surface area (Å²) in [5, 5.41) is 0. The third kappa shape index (κ3) is 4.04. The lowest BCUT2D eigenvalue weighted by Crippen LogP contribution is -2.21. The van der Waals surface area contributed by atoms with Crippen molar-refractivity contribution in [1.82, 2.24) is 0 Å². The fourth-order valence-electron chi connectivity index (χ4n) is 0.221. The summed E-state index contributed by atoms with van der Waals surface area (Å²) in [6.07, 6.45) is 1.41. The first-order valence-electron chi connectivity index (χ1n) is 2.36. The second-order valence-corrected chi connectivity index (χ2v) is 3.95. The van der Waals surface area contributed by atoms with Crippen molar-refractivity contribution in [3.63, 3.8) is 0 Å². The first-order valence-corrected chi connectivity index (χ1v) is 3.57. The SMILES string of the molecule is C=CCOC(=O)C(S)(Cl)Cl. The van der Waals surface area contributed by atoms with Crippen LogP contribution in [0.3, 0.4) is 0 Å². The Hall–Kier alpha value is 0.140. The van der Waals surface area contributed by atoms with Crippen LogP contribution >= 0.6 is 35.8 Å². The van der Waals surface area contributed by atoms with Gasteiger partial charge in [-0.05, 0) is 0 Å². The third-order valence-electron chi connectivity index (χ3n) is 0.578. The number of hydrogen-bond donors (Lipinski definition) is 1. The summed E-state index contributed by atoms with van der Waals surface area (Å²) < 4.78 is 2.70. The lowest BCUT2D eigenvalue weighted by Gasteiger charge is -2.09. The number of carbonyl (C=O) groups is 1. The lowest BCUT2D eigenvalue weighted by atomic mass is 10.7. The highest BCUT2D eigenvalue weighted by atomic mass is 35.5. The van der Waals surface area contributed by atoms with Crippen molar-refractivity contribution in [3.8, 4) is 0 Å². The minimum atomic E-state index is -1.76. The Bertz CT molecular complexity index is 141. The molecule has 0 aliphatic rings. The van der Waals surface area contributed by atoms with Gasteiger partial charge in [-0.25, -0.2) is 4.79 Å². The quantitative estimate of drug-likeness (QED) is 0.326. The van der Waals surface area contributed by atoms with Crippen molar-refractivity contribution >= 4 is 41.8 Å². The summed E-state index contributed by atoms with van der Waals surface area (Å²) in [5.74, 6) is -0.793. The van der Waals surface area contributed by atoms with Gasteiger partial charge in [-0.1, -0.05) is 35.9 Å². The summed E-state index contributed by atoms with van der Waals surface area (Å²) in [6, 6.07) is 0. The maximum Gasteiger partial charge on any atom is 0.353 e. The number of rotatable bonds is 3. The van der Waals surface area contributed by atoms with Crippen LogP contribution in [0.4, 0.5) is 0 Å². The summed E-state index contributed by atoms with van der Waals surface area (Å²) in [7, 11) is 0. The molecule has 0 N–H and O–H groups in total. The molecule has 0 radical (unpaired) electrons. The van der Waals surface area contributed by atoms with Crippen molar-refractivity contribution in [3.05, 3.63) is 12.7 Å². The monoisotopic (exact) mass is 200 g/mol. The van der Waals surface area contributed by atoms with Crippen molar-refractivity contribution in [2.24, 2.45) is 0 Å². The van der Waals surface area contributed by atoms with Gasteiger partial charge in [-0.15, -0.1) is 12.6 Å². The van der Waals surface area contributed by atoms with Gasteiger partial charge in [0.05, 0.1) is 0 Å². The highest BCUT2D eigenvalue weighted by Gasteiger charge is 2.30. The molecule has 0 saturated heterocycles. The van der Waals surface area contributed by atoms with E-state index in [9.17, 15) is 4.79 Å². The molecule has 0 aliphatic heterocycles. The van der Waals surface area contributed by atoms with Crippen molar-refractivity contribution in [2.45, 2.75) is 3.67 Å². The average molecular weight is 201 g/mol. The fourth-order valence-corrected chi connectivity index (χ4v) is 0.395. The van der Waals surface area contributed by atoms with Crippen LogP contribution < -0.4 is 0 Å². The summed E-state index contributed by atoms with van der Waals surface area (Å²) in [6.45, 7) is 3.41. The smallest absolute Gasteiger partial charge is 0.353 e. The molecule has 5 heteroatoms. The molecule has 58 valence electrons. The van der Waals surface area contributed by atoms with Crippen LogP contribution in [-0.2, 0) is 9.53 Å². The van der Waals surface area contributed by atoms with Gasteiger partial charge in [0.1, 0.15) is 6.61 Å². The average Bonchev–Trinajstić information content (AvgIpc) is 1.80. The zero-order valence-corrected chi connectivity index (χ0v) is 7.42. The molecule has 0 aliphatic carbocycles. The number of hydrogen-bond acceptors (Lipinski definition) is 3. The van der Waals surface area contributed by atoms with Gasteiger partial charge in [-0.2, -0.15) is 0 Å². The Morgan fingerprint density at radius 1 is 1.80 bits per heavy atom. The first kappa shape index (κ1) is 10.1. The minimum absolute atomic E-state index is 0.0839. The normalized spacial score (nSPS) is 10.7. The predicted molar refractivity (Wildman–Crippen MR) is 44.6 cm³/mol. The van der Waals surface area contributed by atoms with Gasteiger partial charge < -0.3 is 4.74 Å². The van der Waals surface area contributed by atoms with E-state index in [0.29, 0.717) is 0 Å². The van der Waals surface area contributed by atoms with Gasteiger partial charge >= 0.3 is 5.97 Å². The zero-order chi connectivity index (χ0) is 8.20. The summed E-state index contributed by atoms with van der Waals surface area (Å²) in [5.41, 5.74) is 0. The van der Waals surface area contributed by atoms with Gasteiger partial charge in [-0.3, -0.25) is 0 Å². The maximum absolute atomic E-state index is 10.6. The van der Waals surface area contributed by atoms with Crippen LogP contribution in [-0.4, -0.2) is 16.2 Å². The van der Waals surface area contributed by atoms with Crippen molar-refractivity contribution in [1.29, 1.82) is 0 Å². The molecule has 0 saturated carbocycles. The van der Waals surface area contributed by atoms with Crippen LogP contribution in [0.1, 0.15) is 0 Å². The number of halogens is 2. The summed E-state index contributed by atoms with van der Waals surface area (Å²) in [4.78, 5) is 10.6. The second-order valence-electron chi connectivity index (χ2n) is 1.43. The minimum Gasteiger partial charge on any atom is -0.459 e. The zero-order valence-electron chi connectivity index (χ0n) is 5.01. The Morgan fingerprint density at radius 3 is 2.60 bits per heavy atom. The van der Waals surface area contributed by atoms with Crippen LogP contribution in [0.5, 0.6) is 0 Å². The number of ether oxygens (including phenoxy) is 1. The molecule has 0 unspecified atom stereocenters. The summed E-state index contributed by atoms with van der Waals surface area (Å²) >= 11 is 14.0. The van der Waals surface area contributed by atoms with E-state index in [-0.39, 0.29) is 6.61 Å². The molecule has 0 spiro atoms. The third-order valence-corrected chi connectivity index (χ3v) is 1.07. The Morgan fingerprint density at radius 2 is 2.30 bits per heavy atom. The number of esters is 1. The van der Waals surface area contributed by atoms with E-state index in [1.807, 2.05) is 0 Å². The van der Waals surface area contributed by atoms with E-state index in [1.54, 1.807) is 0 Å². The van der Waals surface area contributed by atoms with E-state index in [1.165, 1.54) is 6.08 Å². The fraction of sp³-hybridized carbons (Fsp3) is 0.400.